The maximum atomic E-state index is 11.8. The van der Waals surface area contributed by atoms with E-state index in [9.17, 15) is 13.2 Å². The average Bonchev–Trinajstić information content (AvgIpc) is 2.68. The molecule has 17 heavy (non-hydrogen) atoms. The molecule has 1 aromatic heterocycles. The first-order valence-corrected chi connectivity index (χ1v) is 8.28. The molecule has 0 aromatic carbocycles. The summed E-state index contributed by atoms with van der Waals surface area (Å²) in [6, 6.07) is 1.72. The van der Waals surface area contributed by atoms with E-state index in [0.29, 0.717) is 19.4 Å². The second kappa shape index (κ2) is 5.29. The van der Waals surface area contributed by atoms with Gasteiger partial charge in [0, 0.05) is 25.4 Å². The third kappa shape index (κ3) is 3.90. The SMILES string of the molecule is O=C(Cc1ccsc1)CC1CS(=O)(=O)CCN1. The molecule has 1 unspecified atom stereocenters. The summed E-state index contributed by atoms with van der Waals surface area (Å²) in [4.78, 5) is 11.8. The molecular weight excluding hydrogens is 258 g/mol. The molecule has 1 saturated heterocycles. The Kier molecular flexibility index (Phi) is 3.96. The number of carbonyl (C=O) groups is 1. The number of hydrogen-bond donors (Lipinski definition) is 1. The summed E-state index contributed by atoms with van der Waals surface area (Å²) in [6.07, 6.45) is 0.705. The molecule has 0 spiro atoms. The normalized spacial score (nSPS) is 23.4. The van der Waals surface area contributed by atoms with E-state index in [2.05, 4.69) is 5.32 Å². The number of thiophene rings is 1. The third-order valence-corrected chi connectivity index (χ3v) is 5.23. The van der Waals surface area contributed by atoms with Crippen LogP contribution in [-0.2, 0) is 21.1 Å². The van der Waals surface area contributed by atoms with E-state index in [1.807, 2.05) is 16.8 Å². The molecular formula is C11H15NO3S2. The van der Waals surface area contributed by atoms with Gasteiger partial charge in [-0.25, -0.2) is 8.42 Å². The molecule has 1 aliphatic rings. The average molecular weight is 273 g/mol. The first-order chi connectivity index (χ1) is 8.05. The highest BCUT2D eigenvalue weighted by Gasteiger charge is 2.25. The van der Waals surface area contributed by atoms with Gasteiger partial charge in [-0.2, -0.15) is 11.3 Å². The predicted molar refractivity (Wildman–Crippen MR) is 68.1 cm³/mol. The first kappa shape index (κ1) is 12.7. The van der Waals surface area contributed by atoms with Gasteiger partial charge >= 0.3 is 0 Å². The van der Waals surface area contributed by atoms with Crippen molar-refractivity contribution >= 4 is 27.0 Å². The van der Waals surface area contributed by atoms with Gasteiger partial charge in [0.25, 0.3) is 0 Å². The molecule has 0 radical (unpaired) electrons. The molecule has 1 aromatic rings. The molecule has 0 saturated carbocycles. The fourth-order valence-corrected chi connectivity index (χ4v) is 4.08. The van der Waals surface area contributed by atoms with Gasteiger partial charge in [0.2, 0.25) is 0 Å². The van der Waals surface area contributed by atoms with E-state index in [0.717, 1.165) is 5.56 Å². The van der Waals surface area contributed by atoms with Gasteiger partial charge in [-0.15, -0.1) is 0 Å². The summed E-state index contributed by atoms with van der Waals surface area (Å²) in [6.45, 7) is 0.457. The fourth-order valence-electron chi connectivity index (χ4n) is 1.97. The summed E-state index contributed by atoms with van der Waals surface area (Å²) < 4.78 is 22.8. The number of sulfone groups is 1. The van der Waals surface area contributed by atoms with E-state index in [1.54, 1.807) is 11.3 Å². The van der Waals surface area contributed by atoms with E-state index < -0.39 is 9.84 Å². The van der Waals surface area contributed by atoms with Gasteiger partial charge < -0.3 is 5.32 Å². The van der Waals surface area contributed by atoms with Crippen LogP contribution >= 0.6 is 11.3 Å². The Hall–Kier alpha value is -0.720. The molecule has 4 nitrogen and oxygen atoms in total. The van der Waals surface area contributed by atoms with E-state index in [-0.39, 0.29) is 23.3 Å². The molecule has 1 atom stereocenters. The molecule has 0 bridgehead atoms. The van der Waals surface area contributed by atoms with Crippen molar-refractivity contribution in [2.75, 3.05) is 18.1 Å². The molecule has 2 rings (SSSR count). The lowest BCUT2D eigenvalue weighted by Gasteiger charge is -2.22. The van der Waals surface area contributed by atoms with Crippen LogP contribution in [0.4, 0.5) is 0 Å². The maximum absolute atomic E-state index is 11.8. The topological polar surface area (TPSA) is 63.2 Å². The quantitative estimate of drug-likeness (QED) is 0.874. The Balaban J connectivity index is 1.86. The number of carbonyl (C=O) groups excluding carboxylic acids is 1. The number of ketones is 1. The van der Waals surface area contributed by atoms with E-state index >= 15 is 0 Å². The van der Waals surface area contributed by atoms with Crippen molar-refractivity contribution in [2.45, 2.75) is 18.9 Å². The Morgan fingerprint density at radius 3 is 3.00 bits per heavy atom. The standard InChI is InChI=1S/C11H15NO3S2/c13-11(5-9-1-3-16-7-9)6-10-8-17(14,15)4-2-12-10/h1,3,7,10,12H,2,4-6,8H2. The molecule has 0 aliphatic carbocycles. The Morgan fingerprint density at radius 2 is 2.35 bits per heavy atom. The number of Topliss-reactive ketones (excluding diaryl/α,β-unsaturated/α-hetero) is 1. The molecule has 6 heteroatoms. The molecule has 1 N–H and O–H groups in total. The minimum Gasteiger partial charge on any atom is -0.312 e. The van der Waals surface area contributed by atoms with Crippen molar-refractivity contribution in [3.8, 4) is 0 Å². The maximum Gasteiger partial charge on any atom is 0.153 e. The van der Waals surface area contributed by atoms with E-state index in [1.165, 1.54) is 0 Å². The first-order valence-electron chi connectivity index (χ1n) is 5.52. The van der Waals surface area contributed by atoms with Gasteiger partial charge in [0.15, 0.2) is 9.84 Å². The Labute approximate surface area is 105 Å². The lowest BCUT2D eigenvalue weighted by molar-refractivity contribution is -0.118. The Bertz CT molecular complexity index is 479. The highest BCUT2D eigenvalue weighted by molar-refractivity contribution is 7.91. The van der Waals surface area contributed by atoms with Crippen LogP contribution in [0.15, 0.2) is 16.8 Å². The summed E-state index contributed by atoms with van der Waals surface area (Å²) in [7, 11) is -2.95. The van der Waals surface area contributed by atoms with Crippen LogP contribution in [0, 0.1) is 0 Å². The highest BCUT2D eigenvalue weighted by Crippen LogP contribution is 2.11. The monoisotopic (exact) mass is 273 g/mol. The van der Waals surface area contributed by atoms with Crippen LogP contribution in [0.25, 0.3) is 0 Å². The largest absolute Gasteiger partial charge is 0.312 e. The second-order valence-electron chi connectivity index (χ2n) is 4.32. The minimum absolute atomic E-state index is 0.0857. The molecule has 2 heterocycles. The van der Waals surface area contributed by atoms with Crippen LogP contribution in [0.3, 0.4) is 0 Å². The van der Waals surface area contributed by atoms with Gasteiger partial charge in [0.1, 0.15) is 5.78 Å². The van der Waals surface area contributed by atoms with Gasteiger partial charge in [-0.3, -0.25) is 4.79 Å². The third-order valence-electron chi connectivity index (χ3n) is 2.76. The summed E-state index contributed by atoms with van der Waals surface area (Å²) in [5.74, 6) is 0.364. The highest BCUT2D eigenvalue weighted by atomic mass is 32.2. The van der Waals surface area contributed by atoms with Crippen molar-refractivity contribution in [1.29, 1.82) is 0 Å². The van der Waals surface area contributed by atoms with Gasteiger partial charge in [-0.1, -0.05) is 0 Å². The zero-order valence-electron chi connectivity index (χ0n) is 9.39. The van der Waals surface area contributed by atoms with Crippen molar-refractivity contribution in [3.05, 3.63) is 22.4 Å². The number of rotatable bonds is 4. The Morgan fingerprint density at radius 1 is 1.53 bits per heavy atom. The zero-order chi connectivity index (χ0) is 12.3. The number of hydrogen-bond acceptors (Lipinski definition) is 5. The van der Waals surface area contributed by atoms with Crippen LogP contribution < -0.4 is 5.32 Å². The molecule has 1 fully saturated rings. The van der Waals surface area contributed by atoms with Crippen molar-refractivity contribution < 1.29 is 13.2 Å². The molecule has 94 valence electrons. The van der Waals surface area contributed by atoms with Gasteiger partial charge in [0.05, 0.1) is 11.5 Å². The van der Waals surface area contributed by atoms with Crippen LogP contribution in [0.5, 0.6) is 0 Å². The predicted octanol–water partition coefficient (Wildman–Crippen LogP) is 0.636. The summed E-state index contributed by atoms with van der Waals surface area (Å²) >= 11 is 1.56. The van der Waals surface area contributed by atoms with E-state index in [4.69, 9.17) is 0 Å². The van der Waals surface area contributed by atoms with Crippen molar-refractivity contribution in [3.63, 3.8) is 0 Å². The minimum atomic E-state index is -2.95. The van der Waals surface area contributed by atoms with Crippen LogP contribution in [0.1, 0.15) is 12.0 Å². The van der Waals surface area contributed by atoms with Crippen molar-refractivity contribution in [2.24, 2.45) is 0 Å². The summed E-state index contributed by atoms with van der Waals surface area (Å²) in [5, 5.41) is 6.97. The van der Waals surface area contributed by atoms with Crippen LogP contribution in [-0.4, -0.2) is 38.3 Å². The van der Waals surface area contributed by atoms with Gasteiger partial charge in [-0.05, 0) is 22.4 Å². The summed E-state index contributed by atoms with van der Waals surface area (Å²) in [5.41, 5.74) is 1.01. The fraction of sp³-hybridized carbons (Fsp3) is 0.545. The number of nitrogens with one attached hydrogen (secondary N) is 1. The zero-order valence-corrected chi connectivity index (χ0v) is 11.0. The lowest BCUT2D eigenvalue weighted by atomic mass is 10.1. The smallest absolute Gasteiger partial charge is 0.153 e. The lowest BCUT2D eigenvalue weighted by Crippen LogP contribution is -2.46. The van der Waals surface area contributed by atoms with Crippen molar-refractivity contribution in [1.82, 2.24) is 5.32 Å². The molecule has 1 aliphatic heterocycles. The second-order valence-corrected chi connectivity index (χ2v) is 7.33. The molecule has 0 amide bonds. The van der Waals surface area contributed by atoms with Crippen LogP contribution in [0.2, 0.25) is 0 Å².